The van der Waals surface area contributed by atoms with Gasteiger partial charge in [0.2, 0.25) is 0 Å². The second-order valence-corrected chi connectivity index (χ2v) is 4.30. The highest BCUT2D eigenvalue weighted by atomic mass is 16.3. The molecule has 1 N–H and O–H groups in total. The van der Waals surface area contributed by atoms with Gasteiger partial charge in [-0.15, -0.1) is 0 Å². The molecule has 0 radical (unpaired) electrons. The topological polar surface area (TPSA) is 36.4 Å². The number of aryl methyl sites for hydroxylation is 1. The van der Waals surface area contributed by atoms with Crippen LogP contribution in [-0.2, 0) is 6.54 Å². The number of hydrogen-bond acceptors (Lipinski definition) is 3. The fraction of sp³-hybridized carbons (Fsp3) is 0.615. The van der Waals surface area contributed by atoms with E-state index in [2.05, 4.69) is 30.8 Å². The molecule has 90 valence electrons. The number of aromatic hydroxyl groups is 1. The molecule has 0 bridgehead atoms. The summed E-state index contributed by atoms with van der Waals surface area (Å²) >= 11 is 0. The first-order valence-electron chi connectivity index (χ1n) is 5.94. The molecule has 1 aromatic heterocycles. The van der Waals surface area contributed by atoms with E-state index in [0.717, 1.165) is 24.2 Å². The van der Waals surface area contributed by atoms with Gasteiger partial charge >= 0.3 is 0 Å². The number of aromatic nitrogens is 1. The standard InChI is InChI=1S/C13H22N2O/c1-5-11(6-2)15(4)9-12-13(16)8-7-10(3)14-12/h7-8,11,16H,5-6,9H2,1-4H3. The van der Waals surface area contributed by atoms with Gasteiger partial charge in [0.05, 0.1) is 5.69 Å². The first-order chi connectivity index (χ1) is 7.58. The Labute approximate surface area is 98.1 Å². The fourth-order valence-corrected chi connectivity index (χ4v) is 2.00. The van der Waals surface area contributed by atoms with Crippen molar-refractivity contribution in [3.8, 4) is 5.75 Å². The molecule has 0 aliphatic heterocycles. The van der Waals surface area contributed by atoms with Crippen LogP contribution in [0.1, 0.15) is 38.1 Å². The number of pyridine rings is 1. The van der Waals surface area contributed by atoms with Gasteiger partial charge in [-0.25, -0.2) is 0 Å². The van der Waals surface area contributed by atoms with Gasteiger partial charge in [0.25, 0.3) is 0 Å². The summed E-state index contributed by atoms with van der Waals surface area (Å²) in [5, 5.41) is 9.72. The predicted octanol–water partition coefficient (Wildman–Crippen LogP) is 2.72. The molecule has 0 saturated heterocycles. The molecule has 1 aromatic rings. The number of nitrogens with zero attached hydrogens (tertiary/aromatic N) is 2. The molecular formula is C13H22N2O. The van der Waals surface area contributed by atoms with Crippen LogP contribution in [0.3, 0.4) is 0 Å². The van der Waals surface area contributed by atoms with Gasteiger partial charge in [0, 0.05) is 18.3 Å². The van der Waals surface area contributed by atoms with Crippen LogP contribution in [0.25, 0.3) is 0 Å². The molecule has 3 heteroatoms. The smallest absolute Gasteiger partial charge is 0.138 e. The van der Waals surface area contributed by atoms with Crippen LogP contribution in [0, 0.1) is 6.92 Å². The minimum absolute atomic E-state index is 0.295. The molecule has 1 rings (SSSR count). The van der Waals surface area contributed by atoms with E-state index < -0.39 is 0 Å². The molecule has 0 aliphatic carbocycles. The second-order valence-electron chi connectivity index (χ2n) is 4.30. The summed E-state index contributed by atoms with van der Waals surface area (Å²) < 4.78 is 0. The Morgan fingerprint density at radius 1 is 1.31 bits per heavy atom. The summed E-state index contributed by atoms with van der Waals surface area (Å²) in [5.74, 6) is 0.295. The van der Waals surface area contributed by atoms with Crippen molar-refractivity contribution < 1.29 is 5.11 Å². The Kier molecular flexibility index (Phi) is 4.74. The van der Waals surface area contributed by atoms with Crippen molar-refractivity contribution in [1.82, 2.24) is 9.88 Å². The molecular weight excluding hydrogens is 200 g/mol. The SMILES string of the molecule is CCC(CC)N(C)Cc1nc(C)ccc1O. The second kappa shape index (κ2) is 5.85. The molecule has 0 amide bonds. The molecule has 0 aliphatic rings. The van der Waals surface area contributed by atoms with E-state index in [-0.39, 0.29) is 0 Å². The summed E-state index contributed by atoms with van der Waals surface area (Å²) in [6.45, 7) is 7.03. The lowest BCUT2D eigenvalue weighted by Crippen LogP contribution is -2.30. The van der Waals surface area contributed by atoms with E-state index in [1.807, 2.05) is 13.0 Å². The highest BCUT2D eigenvalue weighted by Crippen LogP contribution is 2.18. The summed E-state index contributed by atoms with van der Waals surface area (Å²) in [6.07, 6.45) is 2.25. The third kappa shape index (κ3) is 3.20. The Bertz CT molecular complexity index is 335. The first-order valence-corrected chi connectivity index (χ1v) is 5.94. The predicted molar refractivity (Wildman–Crippen MR) is 66.5 cm³/mol. The summed E-state index contributed by atoms with van der Waals surface area (Å²) in [5.41, 5.74) is 1.72. The quantitative estimate of drug-likeness (QED) is 0.832. The van der Waals surface area contributed by atoms with Gasteiger partial charge in [-0.3, -0.25) is 9.88 Å². The van der Waals surface area contributed by atoms with Gasteiger partial charge in [-0.05, 0) is 38.9 Å². The molecule has 0 aromatic carbocycles. The van der Waals surface area contributed by atoms with Crippen LogP contribution in [0.2, 0.25) is 0 Å². The lowest BCUT2D eigenvalue weighted by molar-refractivity contribution is 0.216. The number of rotatable bonds is 5. The molecule has 16 heavy (non-hydrogen) atoms. The van der Waals surface area contributed by atoms with Gasteiger partial charge in [-0.2, -0.15) is 0 Å². The fourth-order valence-electron chi connectivity index (χ4n) is 2.00. The Hall–Kier alpha value is -1.09. The zero-order valence-corrected chi connectivity index (χ0v) is 10.7. The lowest BCUT2D eigenvalue weighted by atomic mass is 10.1. The Balaban J connectivity index is 2.75. The van der Waals surface area contributed by atoms with Crippen molar-refractivity contribution in [2.75, 3.05) is 7.05 Å². The highest BCUT2D eigenvalue weighted by molar-refractivity contribution is 5.27. The Morgan fingerprint density at radius 2 is 1.94 bits per heavy atom. The van der Waals surface area contributed by atoms with E-state index in [1.165, 1.54) is 0 Å². The van der Waals surface area contributed by atoms with Crippen molar-refractivity contribution in [2.24, 2.45) is 0 Å². The van der Waals surface area contributed by atoms with E-state index in [1.54, 1.807) is 6.07 Å². The zero-order valence-electron chi connectivity index (χ0n) is 10.7. The molecule has 0 atom stereocenters. The summed E-state index contributed by atoms with van der Waals surface area (Å²) in [6, 6.07) is 4.11. The molecule has 0 unspecified atom stereocenters. The normalized spacial score (nSPS) is 11.4. The van der Waals surface area contributed by atoms with Crippen LogP contribution in [0.15, 0.2) is 12.1 Å². The van der Waals surface area contributed by atoms with Gasteiger partial charge in [0.1, 0.15) is 5.75 Å². The van der Waals surface area contributed by atoms with Crippen LogP contribution in [0.5, 0.6) is 5.75 Å². The minimum atomic E-state index is 0.295. The van der Waals surface area contributed by atoms with E-state index in [0.29, 0.717) is 18.3 Å². The summed E-state index contributed by atoms with van der Waals surface area (Å²) in [4.78, 5) is 6.62. The highest BCUT2D eigenvalue weighted by Gasteiger charge is 2.13. The van der Waals surface area contributed by atoms with E-state index in [4.69, 9.17) is 0 Å². The average Bonchev–Trinajstić information content (AvgIpc) is 2.25. The molecule has 1 heterocycles. The molecule has 0 fully saturated rings. The lowest BCUT2D eigenvalue weighted by Gasteiger charge is -2.25. The van der Waals surface area contributed by atoms with E-state index >= 15 is 0 Å². The van der Waals surface area contributed by atoms with Gasteiger partial charge in [-0.1, -0.05) is 13.8 Å². The number of hydrogen-bond donors (Lipinski definition) is 1. The molecule has 0 spiro atoms. The van der Waals surface area contributed by atoms with Crippen LogP contribution < -0.4 is 0 Å². The van der Waals surface area contributed by atoms with Crippen molar-refractivity contribution >= 4 is 0 Å². The minimum Gasteiger partial charge on any atom is -0.506 e. The maximum absolute atomic E-state index is 9.72. The molecule has 3 nitrogen and oxygen atoms in total. The third-order valence-electron chi connectivity index (χ3n) is 3.05. The maximum atomic E-state index is 9.72. The summed E-state index contributed by atoms with van der Waals surface area (Å²) in [7, 11) is 2.08. The third-order valence-corrected chi connectivity index (χ3v) is 3.05. The first kappa shape index (κ1) is 13.0. The zero-order chi connectivity index (χ0) is 12.1. The Morgan fingerprint density at radius 3 is 2.50 bits per heavy atom. The van der Waals surface area contributed by atoms with Crippen LogP contribution in [0.4, 0.5) is 0 Å². The van der Waals surface area contributed by atoms with Gasteiger partial charge in [0.15, 0.2) is 0 Å². The van der Waals surface area contributed by atoms with Crippen LogP contribution in [-0.4, -0.2) is 28.1 Å². The van der Waals surface area contributed by atoms with E-state index in [9.17, 15) is 5.11 Å². The monoisotopic (exact) mass is 222 g/mol. The molecule has 0 saturated carbocycles. The van der Waals surface area contributed by atoms with Crippen LogP contribution >= 0.6 is 0 Å². The van der Waals surface area contributed by atoms with Crippen molar-refractivity contribution in [3.05, 3.63) is 23.5 Å². The van der Waals surface area contributed by atoms with Gasteiger partial charge < -0.3 is 5.11 Å². The maximum Gasteiger partial charge on any atom is 0.138 e. The van der Waals surface area contributed by atoms with Crippen molar-refractivity contribution in [2.45, 2.75) is 46.2 Å². The van der Waals surface area contributed by atoms with Crippen molar-refractivity contribution in [1.29, 1.82) is 0 Å². The largest absolute Gasteiger partial charge is 0.506 e. The van der Waals surface area contributed by atoms with Crippen molar-refractivity contribution in [3.63, 3.8) is 0 Å². The average molecular weight is 222 g/mol.